The number of aromatic nitrogens is 4. The zero-order valence-electron chi connectivity index (χ0n) is 16.5. The summed E-state index contributed by atoms with van der Waals surface area (Å²) in [6, 6.07) is 10.3. The number of hydrogen-bond donors (Lipinski definition) is 1. The standard InChI is InChI=1S/C20H23N5O4/c1-14-5-6-16(17(13-14)28-3)29-15(2)20(27)21-10-12-25-19(26)8-7-18(23-25)24-11-4-9-22-24/h4-9,11,13,15H,10,12H2,1-3H3,(H,21,27). The van der Waals surface area contributed by atoms with Crippen molar-refractivity contribution >= 4 is 5.91 Å². The van der Waals surface area contributed by atoms with Gasteiger partial charge in [0.25, 0.3) is 11.5 Å². The molecule has 3 rings (SSSR count). The number of nitrogens with one attached hydrogen (secondary N) is 1. The van der Waals surface area contributed by atoms with Crippen LogP contribution in [0.25, 0.3) is 5.82 Å². The summed E-state index contributed by atoms with van der Waals surface area (Å²) in [4.78, 5) is 24.4. The molecule has 2 aromatic heterocycles. The number of ether oxygens (including phenoxy) is 2. The van der Waals surface area contributed by atoms with Gasteiger partial charge >= 0.3 is 0 Å². The van der Waals surface area contributed by atoms with E-state index in [0.29, 0.717) is 17.3 Å². The zero-order valence-corrected chi connectivity index (χ0v) is 16.5. The second-order valence-electron chi connectivity index (χ2n) is 6.41. The number of carbonyl (C=O) groups excluding carboxylic acids is 1. The summed E-state index contributed by atoms with van der Waals surface area (Å²) in [5.74, 6) is 1.27. The van der Waals surface area contributed by atoms with E-state index in [1.165, 1.54) is 10.7 Å². The Balaban J connectivity index is 1.57. The largest absolute Gasteiger partial charge is 0.493 e. The van der Waals surface area contributed by atoms with Crippen LogP contribution in [0.3, 0.4) is 0 Å². The fourth-order valence-electron chi connectivity index (χ4n) is 2.67. The average molecular weight is 397 g/mol. The molecule has 3 aromatic rings. The van der Waals surface area contributed by atoms with Crippen molar-refractivity contribution in [2.24, 2.45) is 0 Å². The number of aryl methyl sites for hydroxylation is 1. The van der Waals surface area contributed by atoms with Crippen molar-refractivity contribution < 1.29 is 14.3 Å². The summed E-state index contributed by atoms with van der Waals surface area (Å²) in [5, 5.41) is 11.1. The minimum Gasteiger partial charge on any atom is -0.493 e. The molecule has 0 fully saturated rings. The molecule has 1 amide bonds. The lowest BCUT2D eigenvalue weighted by Crippen LogP contribution is -2.39. The third-order valence-corrected chi connectivity index (χ3v) is 4.21. The van der Waals surface area contributed by atoms with Crippen molar-refractivity contribution in [1.29, 1.82) is 0 Å². The second-order valence-corrected chi connectivity index (χ2v) is 6.41. The molecule has 2 heterocycles. The molecule has 1 aromatic carbocycles. The van der Waals surface area contributed by atoms with E-state index in [1.807, 2.05) is 19.1 Å². The van der Waals surface area contributed by atoms with E-state index < -0.39 is 6.10 Å². The SMILES string of the molecule is COc1cc(C)ccc1OC(C)C(=O)NCCn1nc(-n2cccn2)ccc1=O. The van der Waals surface area contributed by atoms with Crippen LogP contribution in [-0.2, 0) is 11.3 Å². The quantitative estimate of drug-likeness (QED) is 0.616. The topological polar surface area (TPSA) is 100 Å². The van der Waals surface area contributed by atoms with Crippen molar-refractivity contribution in [2.45, 2.75) is 26.5 Å². The highest BCUT2D eigenvalue weighted by molar-refractivity contribution is 5.80. The van der Waals surface area contributed by atoms with E-state index in [2.05, 4.69) is 15.5 Å². The highest BCUT2D eigenvalue weighted by atomic mass is 16.5. The van der Waals surface area contributed by atoms with Gasteiger partial charge in [-0.05, 0) is 43.7 Å². The van der Waals surface area contributed by atoms with Gasteiger partial charge in [-0.3, -0.25) is 9.59 Å². The summed E-state index contributed by atoms with van der Waals surface area (Å²) in [7, 11) is 1.55. The Morgan fingerprint density at radius 1 is 1.24 bits per heavy atom. The van der Waals surface area contributed by atoms with Gasteiger partial charge in [-0.15, -0.1) is 5.10 Å². The van der Waals surface area contributed by atoms with Crippen LogP contribution in [0.5, 0.6) is 11.5 Å². The molecule has 152 valence electrons. The molecule has 0 aliphatic rings. The molecule has 1 N–H and O–H groups in total. The van der Waals surface area contributed by atoms with Gasteiger partial charge in [0.2, 0.25) is 0 Å². The first-order valence-electron chi connectivity index (χ1n) is 9.15. The van der Waals surface area contributed by atoms with Gasteiger partial charge in [0.15, 0.2) is 23.4 Å². The molecule has 0 aliphatic heterocycles. The third-order valence-electron chi connectivity index (χ3n) is 4.21. The number of methoxy groups -OCH3 is 1. The van der Waals surface area contributed by atoms with E-state index in [9.17, 15) is 9.59 Å². The minimum atomic E-state index is -0.730. The number of benzene rings is 1. The Kier molecular flexibility index (Phi) is 6.28. The molecule has 0 spiro atoms. The third kappa shape index (κ3) is 5.01. The Bertz CT molecular complexity index is 1030. The molecule has 1 atom stereocenters. The highest BCUT2D eigenvalue weighted by Gasteiger charge is 2.16. The fraction of sp³-hybridized carbons (Fsp3) is 0.300. The van der Waals surface area contributed by atoms with Crippen LogP contribution in [0.15, 0.2) is 53.6 Å². The van der Waals surface area contributed by atoms with Gasteiger partial charge in [0.1, 0.15) is 0 Å². The van der Waals surface area contributed by atoms with Crippen LogP contribution in [0.4, 0.5) is 0 Å². The maximum atomic E-state index is 12.3. The van der Waals surface area contributed by atoms with Gasteiger partial charge in [0.05, 0.1) is 13.7 Å². The van der Waals surface area contributed by atoms with E-state index >= 15 is 0 Å². The minimum absolute atomic E-state index is 0.222. The van der Waals surface area contributed by atoms with E-state index in [0.717, 1.165) is 5.56 Å². The molecule has 9 nitrogen and oxygen atoms in total. The molecular formula is C20H23N5O4. The lowest BCUT2D eigenvalue weighted by atomic mass is 10.2. The van der Waals surface area contributed by atoms with Crippen molar-refractivity contribution in [3.63, 3.8) is 0 Å². The predicted octanol–water partition coefficient (Wildman–Crippen LogP) is 1.33. The Morgan fingerprint density at radius 3 is 2.79 bits per heavy atom. The molecular weight excluding hydrogens is 374 g/mol. The van der Waals surface area contributed by atoms with E-state index in [-0.39, 0.29) is 24.6 Å². The fourth-order valence-corrected chi connectivity index (χ4v) is 2.67. The van der Waals surface area contributed by atoms with E-state index in [4.69, 9.17) is 9.47 Å². The molecule has 0 radical (unpaired) electrons. The average Bonchev–Trinajstić information content (AvgIpc) is 3.25. The lowest BCUT2D eigenvalue weighted by molar-refractivity contribution is -0.127. The number of amides is 1. The van der Waals surface area contributed by atoms with Gasteiger partial charge < -0.3 is 14.8 Å². The van der Waals surface area contributed by atoms with Crippen LogP contribution in [0, 0.1) is 6.92 Å². The first kappa shape index (κ1) is 20.1. The normalized spacial score (nSPS) is 11.7. The van der Waals surface area contributed by atoms with Crippen molar-refractivity contribution in [2.75, 3.05) is 13.7 Å². The molecule has 0 bridgehead atoms. The smallest absolute Gasteiger partial charge is 0.266 e. The van der Waals surface area contributed by atoms with Crippen LogP contribution in [0.1, 0.15) is 12.5 Å². The van der Waals surface area contributed by atoms with Crippen molar-refractivity contribution in [3.8, 4) is 17.3 Å². The number of carbonyl (C=O) groups is 1. The number of nitrogens with zero attached hydrogens (tertiary/aromatic N) is 4. The van der Waals surface area contributed by atoms with Gasteiger partial charge in [-0.1, -0.05) is 6.07 Å². The Hall–Kier alpha value is -3.62. The summed E-state index contributed by atoms with van der Waals surface area (Å²) in [6.45, 7) is 4.05. The summed E-state index contributed by atoms with van der Waals surface area (Å²) in [5.41, 5.74) is 0.769. The maximum Gasteiger partial charge on any atom is 0.266 e. The molecule has 9 heteroatoms. The molecule has 1 unspecified atom stereocenters. The molecule has 29 heavy (non-hydrogen) atoms. The predicted molar refractivity (Wildman–Crippen MR) is 106 cm³/mol. The lowest BCUT2D eigenvalue weighted by Gasteiger charge is -2.17. The van der Waals surface area contributed by atoms with Crippen molar-refractivity contribution in [3.05, 3.63) is 64.7 Å². The van der Waals surface area contributed by atoms with Crippen LogP contribution in [0.2, 0.25) is 0 Å². The summed E-state index contributed by atoms with van der Waals surface area (Å²) in [6.07, 6.45) is 2.63. The maximum absolute atomic E-state index is 12.3. The van der Waals surface area contributed by atoms with Gasteiger partial charge in [0, 0.05) is 25.0 Å². The van der Waals surface area contributed by atoms with Gasteiger partial charge in [-0.2, -0.15) is 5.10 Å². The first-order chi connectivity index (χ1) is 14.0. The Morgan fingerprint density at radius 2 is 2.07 bits per heavy atom. The number of rotatable bonds is 8. The zero-order chi connectivity index (χ0) is 20.8. The van der Waals surface area contributed by atoms with Crippen LogP contribution in [-0.4, -0.2) is 45.2 Å². The summed E-state index contributed by atoms with van der Waals surface area (Å²) >= 11 is 0. The monoisotopic (exact) mass is 397 g/mol. The van der Waals surface area contributed by atoms with Crippen LogP contribution >= 0.6 is 0 Å². The highest BCUT2D eigenvalue weighted by Crippen LogP contribution is 2.28. The number of hydrogen-bond acceptors (Lipinski definition) is 6. The summed E-state index contributed by atoms with van der Waals surface area (Å²) < 4.78 is 13.8. The second kappa shape index (κ2) is 9.05. The van der Waals surface area contributed by atoms with Gasteiger partial charge in [-0.25, -0.2) is 9.36 Å². The Labute approximate surface area is 167 Å². The molecule has 0 aliphatic carbocycles. The first-order valence-corrected chi connectivity index (χ1v) is 9.15. The van der Waals surface area contributed by atoms with Crippen LogP contribution < -0.4 is 20.3 Å². The van der Waals surface area contributed by atoms with Crippen molar-refractivity contribution in [1.82, 2.24) is 24.9 Å². The molecule has 0 saturated carbocycles. The molecule has 0 saturated heterocycles. The van der Waals surface area contributed by atoms with E-state index in [1.54, 1.807) is 49.3 Å².